The number of Topliss-reactive ketones (excluding diaryl/α,β-unsaturated/α-hetero) is 1. The van der Waals surface area contributed by atoms with Gasteiger partial charge in [0.25, 0.3) is 5.91 Å². The number of hydrogen-bond donors (Lipinski definition) is 1. The third kappa shape index (κ3) is 5.14. The molecule has 25 heavy (non-hydrogen) atoms. The highest BCUT2D eigenvalue weighted by molar-refractivity contribution is 6.04. The van der Waals surface area contributed by atoms with Crippen molar-refractivity contribution in [1.82, 2.24) is 4.98 Å². The molecular formula is C20H25N3O2. The first-order valence-corrected chi connectivity index (χ1v) is 8.68. The molecule has 132 valence electrons. The van der Waals surface area contributed by atoms with Gasteiger partial charge in [0.2, 0.25) is 0 Å². The fourth-order valence-corrected chi connectivity index (χ4v) is 2.66. The second-order valence-corrected chi connectivity index (χ2v) is 5.98. The fourth-order valence-electron chi connectivity index (χ4n) is 2.66. The number of nitrogens with zero attached hydrogens (tertiary/aromatic N) is 2. The number of amides is 1. The smallest absolute Gasteiger partial charge is 0.274 e. The van der Waals surface area contributed by atoms with Gasteiger partial charge in [-0.05, 0) is 44.0 Å². The van der Waals surface area contributed by atoms with E-state index in [9.17, 15) is 9.59 Å². The van der Waals surface area contributed by atoms with Crippen LogP contribution in [0.25, 0.3) is 0 Å². The average molecular weight is 339 g/mol. The Bertz CT molecular complexity index is 737. The van der Waals surface area contributed by atoms with Crippen molar-refractivity contribution in [3.63, 3.8) is 0 Å². The molecule has 0 aliphatic rings. The van der Waals surface area contributed by atoms with Crippen molar-refractivity contribution in [2.24, 2.45) is 0 Å². The van der Waals surface area contributed by atoms with E-state index < -0.39 is 0 Å². The van der Waals surface area contributed by atoms with Crippen molar-refractivity contribution in [3.8, 4) is 0 Å². The summed E-state index contributed by atoms with van der Waals surface area (Å²) < 4.78 is 0. The molecule has 0 saturated carbocycles. The minimum Gasteiger partial charge on any atom is -0.371 e. The predicted octanol–water partition coefficient (Wildman–Crippen LogP) is 4.16. The van der Waals surface area contributed by atoms with Crippen LogP contribution in [0, 0.1) is 0 Å². The number of rotatable bonds is 8. The molecule has 0 unspecified atom stereocenters. The summed E-state index contributed by atoms with van der Waals surface area (Å²) >= 11 is 0. The number of carbonyl (C=O) groups is 2. The van der Waals surface area contributed by atoms with E-state index in [1.165, 1.54) is 6.92 Å². The quantitative estimate of drug-likeness (QED) is 0.734. The SMILES string of the molecule is CCCN(CCC)c1ccnc(C(=O)Nc2cccc(C(C)=O)c2)c1. The average Bonchev–Trinajstić information content (AvgIpc) is 2.62. The first-order chi connectivity index (χ1) is 12.0. The molecule has 1 aromatic heterocycles. The third-order valence-corrected chi connectivity index (χ3v) is 3.86. The summed E-state index contributed by atoms with van der Waals surface area (Å²) in [4.78, 5) is 30.4. The van der Waals surface area contributed by atoms with Gasteiger partial charge in [0.05, 0.1) is 0 Å². The summed E-state index contributed by atoms with van der Waals surface area (Å²) in [5.74, 6) is -0.318. The monoisotopic (exact) mass is 339 g/mol. The van der Waals surface area contributed by atoms with Gasteiger partial charge in [-0.3, -0.25) is 14.6 Å². The van der Waals surface area contributed by atoms with Gasteiger partial charge >= 0.3 is 0 Å². The van der Waals surface area contributed by atoms with Gasteiger partial charge in [0.1, 0.15) is 5.69 Å². The lowest BCUT2D eigenvalue weighted by molar-refractivity contribution is 0.100. The maximum atomic E-state index is 12.5. The molecule has 2 aromatic rings. The van der Waals surface area contributed by atoms with E-state index in [0.717, 1.165) is 31.6 Å². The van der Waals surface area contributed by atoms with Gasteiger partial charge in [-0.1, -0.05) is 26.0 Å². The Kier molecular flexibility index (Phi) is 6.69. The van der Waals surface area contributed by atoms with E-state index in [0.29, 0.717) is 16.9 Å². The maximum absolute atomic E-state index is 12.5. The Labute approximate surface area is 149 Å². The first kappa shape index (κ1) is 18.6. The zero-order chi connectivity index (χ0) is 18.2. The minimum absolute atomic E-state index is 0.0361. The summed E-state index contributed by atoms with van der Waals surface area (Å²) in [6.45, 7) is 7.67. The van der Waals surface area contributed by atoms with Crippen molar-refractivity contribution < 1.29 is 9.59 Å². The van der Waals surface area contributed by atoms with Crippen LogP contribution in [0.1, 0.15) is 54.5 Å². The molecule has 0 aliphatic heterocycles. The van der Waals surface area contributed by atoms with Gasteiger partial charge < -0.3 is 10.2 Å². The summed E-state index contributed by atoms with van der Waals surface area (Å²) in [6, 6.07) is 10.7. The molecule has 1 heterocycles. The normalized spacial score (nSPS) is 10.4. The van der Waals surface area contributed by atoms with Gasteiger partial charge in [-0.25, -0.2) is 0 Å². The van der Waals surface area contributed by atoms with Crippen LogP contribution in [0.15, 0.2) is 42.6 Å². The number of benzene rings is 1. The minimum atomic E-state index is -0.282. The lowest BCUT2D eigenvalue weighted by atomic mass is 10.1. The van der Waals surface area contributed by atoms with Gasteiger partial charge in [-0.15, -0.1) is 0 Å². The van der Waals surface area contributed by atoms with Gasteiger partial charge in [0, 0.05) is 36.2 Å². The highest BCUT2D eigenvalue weighted by atomic mass is 16.2. The van der Waals surface area contributed by atoms with E-state index >= 15 is 0 Å². The van der Waals surface area contributed by atoms with Crippen molar-refractivity contribution in [1.29, 1.82) is 0 Å². The second-order valence-electron chi connectivity index (χ2n) is 5.98. The molecule has 1 amide bonds. The van der Waals surface area contributed by atoms with Gasteiger partial charge in [-0.2, -0.15) is 0 Å². The molecule has 0 saturated heterocycles. The molecule has 1 N–H and O–H groups in total. The molecule has 2 rings (SSSR count). The Morgan fingerprint density at radius 1 is 1.08 bits per heavy atom. The lowest BCUT2D eigenvalue weighted by Crippen LogP contribution is -2.25. The fraction of sp³-hybridized carbons (Fsp3) is 0.350. The molecular weight excluding hydrogens is 314 g/mol. The molecule has 0 fully saturated rings. The molecule has 1 aromatic carbocycles. The number of hydrogen-bond acceptors (Lipinski definition) is 4. The number of nitrogens with one attached hydrogen (secondary N) is 1. The highest BCUT2D eigenvalue weighted by Gasteiger charge is 2.12. The van der Waals surface area contributed by atoms with E-state index in [2.05, 4.69) is 29.0 Å². The summed E-state index contributed by atoms with van der Waals surface area (Å²) in [7, 11) is 0. The van der Waals surface area contributed by atoms with E-state index in [1.54, 1.807) is 30.5 Å². The Hall–Kier alpha value is -2.69. The van der Waals surface area contributed by atoms with E-state index in [1.807, 2.05) is 12.1 Å². The predicted molar refractivity (Wildman–Crippen MR) is 101 cm³/mol. The van der Waals surface area contributed by atoms with Crippen LogP contribution in [0.5, 0.6) is 0 Å². The zero-order valence-corrected chi connectivity index (χ0v) is 15.1. The Morgan fingerprint density at radius 2 is 1.80 bits per heavy atom. The molecule has 0 atom stereocenters. The van der Waals surface area contributed by atoms with Crippen LogP contribution >= 0.6 is 0 Å². The van der Waals surface area contributed by atoms with Crippen LogP contribution in [0.2, 0.25) is 0 Å². The number of anilines is 2. The molecule has 0 radical (unpaired) electrons. The number of pyridine rings is 1. The van der Waals surface area contributed by atoms with Gasteiger partial charge in [0.15, 0.2) is 5.78 Å². The van der Waals surface area contributed by atoms with Crippen LogP contribution < -0.4 is 10.2 Å². The maximum Gasteiger partial charge on any atom is 0.274 e. The van der Waals surface area contributed by atoms with Crippen LogP contribution in [-0.4, -0.2) is 29.8 Å². The first-order valence-electron chi connectivity index (χ1n) is 8.68. The van der Waals surface area contributed by atoms with Crippen molar-refractivity contribution >= 4 is 23.1 Å². The van der Waals surface area contributed by atoms with Crippen molar-refractivity contribution in [2.75, 3.05) is 23.3 Å². The van der Waals surface area contributed by atoms with E-state index in [4.69, 9.17) is 0 Å². The molecule has 0 aliphatic carbocycles. The van der Waals surface area contributed by atoms with Crippen LogP contribution in [-0.2, 0) is 0 Å². The summed E-state index contributed by atoms with van der Waals surface area (Å²) in [5, 5.41) is 2.81. The Balaban J connectivity index is 2.18. The van der Waals surface area contributed by atoms with Crippen LogP contribution in [0.4, 0.5) is 11.4 Å². The Morgan fingerprint density at radius 3 is 2.44 bits per heavy atom. The third-order valence-electron chi connectivity index (χ3n) is 3.86. The highest BCUT2D eigenvalue weighted by Crippen LogP contribution is 2.17. The molecule has 5 heteroatoms. The largest absolute Gasteiger partial charge is 0.371 e. The zero-order valence-electron chi connectivity index (χ0n) is 15.1. The number of aromatic nitrogens is 1. The van der Waals surface area contributed by atoms with Crippen molar-refractivity contribution in [3.05, 3.63) is 53.9 Å². The molecule has 5 nitrogen and oxygen atoms in total. The summed E-state index contributed by atoms with van der Waals surface area (Å²) in [6.07, 6.45) is 3.75. The molecule has 0 spiro atoms. The summed E-state index contributed by atoms with van der Waals surface area (Å²) in [5.41, 5.74) is 2.52. The number of ketones is 1. The van der Waals surface area contributed by atoms with E-state index in [-0.39, 0.29) is 11.7 Å². The van der Waals surface area contributed by atoms with Crippen LogP contribution in [0.3, 0.4) is 0 Å². The second kappa shape index (κ2) is 8.97. The standard InChI is InChI=1S/C20H25N3O2/c1-4-11-23(12-5-2)18-9-10-21-19(14-18)20(25)22-17-8-6-7-16(13-17)15(3)24/h6-10,13-14H,4-5,11-12H2,1-3H3,(H,22,25). The number of carbonyl (C=O) groups excluding carboxylic acids is 2. The topological polar surface area (TPSA) is 62.3 Å². The lowest BCUT2D eigenvalue weighted by Gasteiger charge is -2.23. The van der Waals surface area contributed by atoms with Crippen molar-refractivity contribution in [2.45, 2.75) is 33.6 Å². The molecule has 0 bridgehead atoms.